The van der Waals surface area contributed by atoms with Crippen molar-refractivity contribution in [3.8, 4) is 11.5 Å². The van der Waals surface area contributed by atoms with Crippen LogP contribution in [0.15, 0.2) is 10.5 Å². The molecule has 0 fully saturated rings. The third-order valence-electron chi connectivity index (χ3n) is 2.58. The van der Waals surface area contributed by atoms with Crippen LogP contribution in [0.5, 0.6) is 11.5 Å². The van der Waals surface area contributed by atoms with E-state index in [2.05, 4.69) is 15.9 Å². The fraction of sp³-hybridized carbons (Fsp3) is 0.364. The summed E-state index contributed by atoms with van der Waals surface area (Å²) in [7, 11) is 0. The van der Waals surface area contributed by atoms with Gasteiger partial charge in [-0.15, -0.1) is 0 Å². The van der Waals surface area contributed by atoms with Gasteiger partial charge in [0.1, 0.15) is 0 Å². The van der Waals surface area contributed by atoms with Crippen molar-refractivity contribution < 1.29 is 23.8 Å². The van der Waals surface area contributed by atoms with Crippen molar-refractivity contribution in [2.24, 2.45) is 5.92 Å². The predicted molar refractivity (Wildman–Crippen MR) is 60.7 cm³/mol. The molecule has 4 nitrogen and oxygen atoms in total. The van der Waals surface area contributed by atoms with Crippen LogP contribution in [0, 0.1) is 11.7 Å². The normalized spacial score (nSPS) is 14.8. The molecular formula is C11H10BrFO4. The van der Waals surface area contributed by atoms with Crippen LogP contribution < -0.4 is 9.47 Å². The molecule has 1 aromatic carbocycles. The van der Waals surface area contributed by atoms with Crippen LogP contribution in [0.2, 0.25) is 0 Å². The van der Waals surface area contributed by atoms with Gasteiger partial charge in [-0.2, -0.15) is 0 Å². The van der Waals surface area contributed by atoms with Crippen molar-refractivity contribution in [1.82, 2.24) is 0 Å². The Morgan fingerprint density at radius 3 is 3.00 bits per heavy atom. The molecule has 17 heavy (non-hydrogen) atoms. The van der Waals surface area contributed by atoms with Gasteiger partial charge in [0.2, 0.25) is 12.5 Å². The van der Waals surface area contributed by atoms with Gasteiger partial charge in [0.25, 0.3) is 0 Å². The zero-order valence-corrected chi connectivity index (χ0v) is 10.6. The minimum Gasteiger partial charge on any atom is -0.481 e. The van der Waals surface area contributed by atoms with Gasteiger partial charge in [-0.3, -0.25) is 4.79 Å². The highest BCUT2D eigenvalue weighted by Gasteiger charge is 2.25. The number of carboxylic acids is 1. The molecule has 2 rings (SSSR count). The number of halogens is 2. The van der Waals surface area contributed by atoms with Crippen molar-refractivity contribution in [2.45, 2.75) is 13.3 Å². The van der Waals surface area contributed by atoms with Crippen molar-refractivity contribution in [3.05, 3.63) is 21.9 Å². The zero-order chi connectivity index (χ0) is 12.6. The zero-order valence-electron chi connectivity index (χ0n) is 9.00. The summed E-state index contributed by atoms with van der Waals surface area (Å²) in [5.74, 6) is -1.79. The largest absolute Gasteiger partial charge is 0.481 e. The highest BCUT2D eigenvalue weighted by molar-refractivity contribution is 9.10. The first kappa shape index (κ1) is 12.2. The van der Waals surface area contributed by atoms with Gasteiger partial charge < -0.3 is 14.6 Å². The monoisotopic (exact) mass is 304 g/mol. The number of hydrogen-bond acceptors (Lipinski definition) is 3. The Kier molecular flexibility index (Phi) is 3.24. The molecule has 1 aliphatic rings. The highest BCUT2D eigenvalue weighted by atomic mass is 79.9. The average Bonchev–Trinajstić information content (AvgIpc) is 2.71. The molecule has 0 amide bonds. The van der Waals surface area contributed by atoms with E-state index in [0.29, 0.717) is 15.8 Å². The Hall–Kier alpha value is -1.30. The topological polar surface area (TPSA) is 55.8 Å². The van der Waals surface area contributed by atoms with Crippen molar-refractivity contribution in [1.29, 1.82) is 0 Å². The van der Waals surface area contributed by atoms with Gasteiger partial charge in [0.05, 0.1) is 5.92 Å². The van der Waals surface area contributed by atoms with Crippen LogP contribution in [0.1, 0.15) is 12.5 Å². The Labute approximate surface area is 105 Å². The fourth-order valence-corrected chi connectivity index (χ4v) is 2.14. The van der Waals surface area contributed by atoms with Gasteiger partial charge in [-0.25, -0.2) is 4.39 Å². The standard InChI is InChI=1S/C11H10BrFO4/c1-5(11(14)15)2-6-7(12)3-8-10(9(6)13)17-4-16-8/h3,5H,2,4H2,1H3,(H,14,15). The van der Waals surface area contributed by atoms with Gasteiger partial charge in [-0.1, -0.05) is 22.9 Å². The molecule has 0 radical (unpaired) electrons. The maximum atomic E-state index is 14.0. The van der Waals surface area contributed by atoms with Crippen LogP contribution >= 0.6 is 15.9 Å². The van der Waals surface area contributed by atoms with E-state index in [4.69, 9.17) is 14.6 Å². The molecule has 0 aliphatic carbocycles. The van der Waals surface area contributed by atoms with Crippen molar-refractivity contribution >= 4 is 21.9 Å². The van der Waals surface area contributed by atoms with Crippen LogP contribution in [0.25, 0.3) is 0 Å². The minimum absolute atomic E-state index is 0.0172. The van der Waals surface area contributed by atoms with Gasteiger partial charge in [-0.05, 0) is 12.5 Å². The summed E-state index contributed by atoms with van der Waals surface area (Å²) >= 11 is 3.21. The molecule has 1 N–H and O–H groups in total. The molecular weight excluding hydrogens is 295 g/mol. The molecule has 6 heteroatoms. The van der Waals surface area contributed by atoms with E-state index < -0.39 is 17.7 Å². The lowest BCUT2D eigenvalue weighted by atomic mass is 10.0. The number of carboxylic acid groups (broad SMARTS) is 1. The fourth-order valence-electron chi connectivity index (χ4n) is 1.59. The maximum Gasteiger partial charge on any atom is 0.306 e. The molecule has 1 aromatic rings. The third kappa shape index (κ3) is 2.22. The van der Waals surface area contributed by atoms with E-state index in [1.54, 1.807) is 6.07 Å². The molecule has 1 atom stereocenters. The Bertz CT molecular complexity index is 475. The van der Waals surface area contributed by atoms with E-state index in [1.807, 2.05) is 0 Å². The maximum absolute atomic E-state index is 14.0. The van der Waals surface area contributed by atoms with Crippen molar-refractivity contribution in [2.75, 3.05) is 6.79 Å². The third-order valence-corrected chi connectivity index (χ3v) is 3.29. The summed E-state index contributed by atoms with van der Waals surface area (Å²) in [5.41, 5.74) is 0.296. The second-order valence-corrected chi connectivity index (χ2v) is 4.68. The number of ether oxygens (including phenoxy) is 2. The van der Waals surface area contributed by atoms with Crippen LogP contribution in [0.4, 0.5) is 4.39 Å². The van der Waals surface area contributed by atoms with Crippen LogP contribution in [0.3, 0.4) is 0 Å². The summed E-state index contributed by atoms with van der Waals surface area (Å²) in [6.45, 7) is 1.51. The smallest absolute Gasteiger partial charge is 0.306 e. The Morgan fingerprint density at radius 2 is 2.35 bits per heavy atom. The van der Waals surface area contributed by atoms with Crippen LogP contribution in [-0.2, 0) is 11.2 Å². The SMILES string of the molecule is CC(Cc1c(Br)cc2c(c1F)OCO2)C(=O)O. The first-order chi connectivity index (χ1) is 8.00. The van der Waals surface area contributed by atoms with Crippen molar-refractivity contribution in [3.63, 3.8) is 0 Å². The molecule has 1 aliphatic heterocycles. The molecule has 0 saturated heterocycles. The predicted octanol–water partition coefficient (Wildman–Crippen LogP) is 2.58. The summed E-state index contributed by atoms with van der Waals surface area (Å²) in [4.78, 5) is 10.8. The van der Waals surface area contributed by atoms with E-state index in [1.165, 1.54) is 6.92 Å². The lowest BCUT2D eigenvalue weighted by molar-refractivity contribution is -0.141. The molecule has 92 valence electrons. The number of fused-ring (bicyclic) bond motifs is 1. The lowest BCUT2D eigenvalue weighted by Gasteiger charge is -2.11. The van der Waals surface area contributed by atoms with Gasteiger partial charge in [0.15, 0.2) is 11.6 Å². The first-order valence-electron chi connectivity index (χ1n) is 5.00. The number of aliphatic carboxylic acids is 1. The summed E-state index contributed by atoms with van der Waals surface area (Å²) in [6.07, 6.45) is 0.0956. The summed E-state index contributed by atoms with van der Waals surface area (Å²) < 4.78 is 24.6. The molecule has 0 saturated carbocycles. The van der Waals surface area contributed by atoms with Gasteiger partial charge in [0, 0.05) is 10.0 Å². The second kappa shape index (κ2) is 4.52. The minimum atomic E-state index is -0.964. The quantitative estimate of drug-likeness (QED) is 0.932. The van der Waals surface area contributed by atoms with E-state index >= 15 is 0 Å². The lowest BCUT2D eigenvalue weighted by Crippen LogP contribution is -2.13. The number of benzene rings is 1. The van der Waals surface area contributed by atoms with E-state index in [9.17, 15) is 9.18 Å². The first-order valence-corrected chi connectivity index (χ1v) is 5.79. The molecule has 1 heterocycles. The van der Waals surface area contributed by atoms with E-state index in [-0.39, 0.29) is 19.0 Å². The summed E-state index contributed by atoms with van der Waals surface area (Å²) in [6, 6.07) is 1.59. The van der Waals surface area contributed by atoms with E-state index in [0.717, 1.165) is 0 Å². The number of carbonyl (C=O) groups is 1. The van der Waals surface area contributed by atoms with Gasteiger partial charge >= 0.3 is 5.97 Å². The number of hydrogen-bond donors (Lipinski definition) is 1. The highest BCUT2D eigenvalue weighted by Crippen LogP contribution is 2.40. The molecule has 0 spiro atoms. The number of rotatable bonds is 3. The second-order valence-electron chi connectivity index (χ2n) is 3.83. The Balaban J connectivity index is 2.38. The van der Waals surface area contributed by atoms with Crippen LogP contribution in [-0.4, -0.2) is 17.9 Å². The molecule has 1 unspecified atom stereocenters. The Morgan fingerprint density at radius 1 is 1.65 bits per heavy atom. The molecule has 0 bridgehead atoms. The molecule has 0 aromatic heterocycles. The average molecular weight is 305 g/mol. The summed E-state index contributed by atoms with van der Waals surface area (Å²) in [5, 5.41) is 8.82.